The number of hydrogen-bond acceptors (Lipinski definition) is 4. The number of nitro groups is 1. The third-order valence-electron chi connectivity index (χ3n) is 3.27. The number of hydrogen-bond donors (Lipinski definition) is 1. The molecule has 0 saturated carbocycles. The van der Waals surface area contributed by atoms with Gasteiger partial charge in [-0.25, -0.2) is 4.39 Å². The Bertz CT molecular complexity index is 783. The van der Waals surface area contributed by atoms with E-state index in [0.717, 1.165) is 6.07 Å². The van der Waals surface area contributed by atoms with Crippen LogP contribution in [-0.2, 0) is 6.54 Å². The lowest BCUT2D eigenvalue weighted by atomic mass is 10.1. The molecule has 2 rings (SSSR count). The first-order chi connectivity index (χ1) is 10.8. The lowest BCUT2D eigenvalue weighted by Crippen LogP contribution is -2.27. The Morgan fingerprint density at radius 2 is 2.04 bits per heavy atom. The number of carbonyl (C=O) groups excluding carboxylic acids is 1. The Morgan fingerprint density at radius 3 is 2.70 bits per heavy atom. The molecular formula is C15H13ClFN3O3. The molecule has 23 heavy (non-hydrogen) atoms. The summed E-state index contributed by atoms with van der Waals surface area (Å²) < 4.78 is 13.6. The Balaban J connectivity index is 2.30. The first-order valence-electron chi connectivity index (χ1n) is 6.53. The molecule has 0 heterocycles. The minimum Gasteiger partial charge on any atom is -0.396 e. The number of nitrogen functional groups attached to an aromatic ring is 1. The predicted molar refractivity (Wildman–Crippen MR) is 84.7 cm³/mol. The summed E-state index contributed by atoms with van der Waals surface area (Å²) in [5, 5.41) is 11.0. The van der Waals surface area contributed by atoms with Crippen LogP contribution in [0.1, 0.15) is 15.9 Å². The summed E-state index contributed by atoms with van der Waals surface area (Å²) in [6.45, 7) is -0.0242. The quantitative estimate of drug-likeness (QED) is 0.527. The van der Waals surface area contributed by atoms with Crippen LogP contribution in [0.15, 0.2) is 36.4 Å². The van der Waals surface area contributed by atoms with Crippen LogP contribution >= 0.6 is 11.6 Å². The van der Waals surface area contributed by atoms with E-state index in [0.29, 0.717) is 5.56 Å². The zero-order chi connectivity index (χ0) is 17.1. The zero-order valence-corrected chi connectivity index (χ0v) is 12.9. The summed E-state index contributed by atoms with van der Waals surface area (Å²) in [4.78, 5) is 24.1. The van der Waals surface area contributed by atoms with Crippen LogP contribution in [0.5, 0.6) is 0 Å². The molecule has 0 saturated heterocycles. The van der Waals surface area contributed by atoms with Crippen molar-refractivity contribution in [1.29, 1.82) is 0 Å². The number of nitro benzene ring substituents is 1. The molecule has 0 fully saturated rings. The smallest absolute Gasteiger partial charge is 0.274 e. The van der Waals surface area contributed by atoms with Gasteiger partial charge in [0.15, 0.2) is 0 Å². The number of rotatable bonds is 4. The maximum atomic E-state index is 13.6. The summed E-state index contributed by atoms with van der Waals surface area (Å²) in [5.74, 6) is -1.37. The molecule has 2 aromatic carbocycles. The van der Waals surface area contributed by atoms with Gasteiger partial charge in [0.25, 0.3) is 11.6 Å². The van der Waals surface area contributed by atoms with Crippen molar-refractivity contribution in [3.8, 4) is 0 Å². The topological polar surface area (TPSA) is 89.5 Å². The Hall–Kier alpha value is -2.67. The van der Waals surface area contributed by atoms with Crippen molar-refractivity contribution in [2.45, 2.75) is 6.54 Å². The van der Waals surface area contributed by atoms with Gasteiger partial charge in [-0.2, -0.15) is 0 Å². The normalized spacial score (nSPS) is 10.4. The second kappa shape index (κ2) is 6.62. The van der Waals surface area contributed by atoms with E-state index in [1.165, 1.54) is 30.1 Å². The molecular weight excluding hydrogens is 325 g/mol. The molecule has 0 aromatic heterocycles. The van der Waals surface area contributed by atoms with E-state index in [9.17, 15) is 19.3 Å². The third-order valence-corrected chi connectivity index (χ3v) is 3.49. The van der Waals surface area contributed by atoms with Gasteiger partial charge < -0.3 is 10.6 Å². The second-order valence-corrected chi connectivity index (χ2v) is 5.33. The number of carbonyl (C=O) groups is 1. The average molecular weight is 338 g/mol. The molecule has 0 bridgehead atoms. The van der Waals surface area contributed by atoms with Crippen LogP contribution in [0.2, 0.25) is 5.02 Å². The highest BCUT2D eigenvalue weighted by Crippen LogP contribution is 2.25. The van der Waals surface area contributed by atoms with E-state index in [1.54, 1.807) is 12.1 Å². The number of nitrogens with zero attached hydrogens (tertiary/aromatic N) is 2. The zero-order valence-electron chi connectivity index (χ0n) is 12.1. The first kappa shape index (κ1) is 16.7. The molecule has 6 nitrogen and oxygen atoms in total. The SMILES string of the molecule is CN(Cc1ccccc1[N+](=O)[O-])C(=O)c1cc(Cl)cc(F)c1N. The Kier molecular flexibility index (Phi) is 4.80. The fraction of sp³-hybridized carbons (Fsp3) is 0.133. The van der Waals surface area contributed by atoms with E-state index in [4.69, 9.17) is 17.3 Å². The van der Waals surface area contributed by atoms with Crippen molar-refractivity contribution in [2.75, 3.05) is 12.8 Å². The van der Waals surface area contributed by atoms with E-state index in [-0.39, 0.29) is 28.5 Å². The first-order valence-corrected chi connectivity index (χ1v) is 6.91. The van der Waals surface area contributed by atoms with Gasteiger partial charge in [0.05, 0.1) is 22.7 Å². The molecule has 0 unspecified atom stereocenters. The van der Waals surface area contributed by atoms with Gasteiger partial charge in [-0.1, -0.05) is 29.8 Å². The van der Waals surface area contributed by atoms with Crippen LogP contribution in [-0.4, -0.2) is 22.8 Å². The summed E-state index contributed by atoms with van der Waals surface area (Å²) in [6.07, 6.45) is 0. The molecule has 2 N–H and O–H groups in total. The van der Waals surface area contributed by atoms with Gasteiger partial charge in [-0.15, -0.1) is 0 Å². The van der Waals surface area contributed by atoms with Crippen molar-refractivity contribution in [1.82, 2.24) is 4.90 Å². The number of para-hydroxylation sites is 1. The van der Waals surface area contributed by atoms with Gasteiger partial charge in [-0.3, -0.25) is 14.9 Å². The van der Waals surface area contributed by atoms with Gasteiger partial charge in [0.2, 0.25) is 0 Å². The summed E-state index contributed by atoms with van der Waals surface area (Å²) in [7, 11) is 1.44. The van der Waals surface area contributed by atoms with E-state index >= 15 is 0 Å². The highest BCUT2D eigenvalue weighted by Gasteiger charge is 2.21. The molecule has 8 heteroatoms. The lowest BCUT2D eigenvalue weighted by molar-refractivity contribution is -0.385. The molecule has 0 radical (unpaired) electrons. The van der Waals surface area contributed by atoms with Crippen molar-refractivity contribution in [3.63, 3.8) is 0 Å². The molecule has 120 valence electrons. The number of amides is 1. The van der Waals surface area contributed by atoms with E-state index < -0.39 is 16.6 Å². The van der Waals surface area contributed by atoms with Gasteiger partial charge >= 0.3 is 0 Å². The second-order valence-electron chi connectivity index (χ2n) is 4.90. The highest BCUT2D eigenvalue weighted by molar-refractivity contribution is 6.31. The summed E-state index contributed by atoms with van der Waals surface area (Å²) in [6, 6.07) is 8.33. The van der Waals surface area contributed by atoms with E-state index in [2.05, 4.69) is 0 Å². The lowest BCUT2D eigenvalue weighted by Gasteiger charge is -2.18. The molecule has 1 amide bonds. The number of halogens is 2. The molecule has 0 atom stereocenters. The molecule has 0 aliphatic heterocycles. The van der Waals surface area contributed by atoms with Crippen molar-refractivity contribution < 1.29 is 14.1 Å². The summed E-state index contributed by atoms with van der Waals surface area (Å²) >= 11 is 5.74. The standard InChI is InChI=1S/C15H13ClFN3O3/c1-19(8-9-4-2-3-5-13(9)20(22)23)15(21)11-6-10(16)7-12(17)14(11)18/h2-7H,8,18H2,1H3. The fourth-order valence-electron chi connectivity index (χ4n) is 2.12. The maximum absolute atomic E-state index is 13.6. The van der Waals surface area contributed by atoms with Crippen LogP contribution < -0.4 is 5.73 Å². The van der Waals surface area contributed by atoms with Gasteiger partial charge in [0, 0.05) is 23.7 Å². The van der Waals surface area contributed by atoms with Crippen molar-refractivity contribution >= 4 is 28.9 Å². The van der Waals surface area contributed by atoms with Gasteiger partial charge in [-0.05, 0) is 12.1 Å². The van der Waals surface area contributed by atoms with E-state index in [1.807, 2.05) is 0 Å². The Labute approximate surface area is 136 Å². The molecule has 0 aliphatic carbocycles. The molecule has 2 aromatic rings. The number of nitrogens with two attached hydrogens (primary N) is 1. The van der Waals surface area contributed by atoms with Crippen LogP contribution in [0.3, 0.4) is 0 Å². The molecule has 0 spiro atoms. The highest BCUT2D eigenvalue weighted by atomic mass is 35.5. The maximum Gasteiger partial charge on any atom is 0.274 e. The Morgan fingerprint density at radius 1 is 1.39 bits per heavy atom. The van der Waals surface area contributed by atoms with Crippen molar-refractivity contribution in [2.24, 2.45) is 0 Å². The number of anilines is 1. The average Bonchev–Trinajstić information content (AvgIpc) is 2.50. The number of benzene rings is 2. The van der Waals surface area contributed by atoms with Gasteiger partial charge in [0.1, 0.15) is 5.82 Å². The van der Waals surface area contributed by atoms with Crippen LogP contribution in [0.25, 0.3) is 0 Å². The monoisotopic (exact) mass is 337 g/mol. The van der Waals surface area contributed by atoms with Crippen LogP contribution in [0, 0.1) is 15.9 Å². The largest absolute Gasteiger partial charge is 0.396 e. The predicted octanol–water partition coefficient (Wildman–Crippen LogP) is 3.24. The van der Waals surface area contributed by atoms with Crippen LogP contribution in [0.4, 0.5) is 15.8 Å². The third kappa shape index (κ3) is 3.57. The summed E-state index contributed by atoms with van der Waals surface area (Å²) in [5.41, 5.74) is 5.43. The minimum atomic E-state index is -0.792. The van der Waals surface area contributed by atoms with Crippen molar-refractivity contribution in [3.05, 3.63) is 68.5 Å². The molecule has 0 aliphatic rings. The fourth-order valence-corrected chi connectivity index (χ4v) is 2.32. The minimum absolute atomic E-state index is 0.0242.